The van der Waals surface area contributed by atoms with Crippen molar-refractivity contribution in [3.63, 3.8) is 0 Å². The van der Waals surface area contributed by atoms with Crippen molar-refractivity contribution in [3.05, 3.63) is 54.1 Å². The Hall–Kier alpha value is -3.16. The Labute approximate surface area is 213 Å². The Morgan fingerprint density at radius 2 is 1.72 bits per heavy atom. The maximum absolute atomic E-state index is 13.8. The van der Waals surface area contributed by atoms with E-state index in [1.54, 1.807) is 14.2 Å². The molecule has 0 unspecified atom stereocenters. The number of para-hydroxylation sites is 1. The highest BCUT2D eigenvalue weighted by atomic mass is 16.5. The smallest absolute Gasteiger partial charge is 0.254 e. The second-order valence-electron chi connectivity index (χ2n) is 9.62. The number of fused-ring (bicyclic) bond motifs is 1. The van der Waals surface area contributed by atoms with E-state index < -0.39 is 0 Å². The zero-order chi connectivity index (χ0) is 24.9. The van der Waals surface area contributed by atoms with Crippen LogP contribution in [0.3, 0.4) is 0 Å². The van der Waals surface area contributed by atoms with E-state index in [1.807, 2.05) is 53.4 Å². The third-order valence-electron chi connectivity index (χ3n) is 7.48. The molecule has 190 valence electrons. The van der Waals surface area contributed by atoms with Gasteiger partial charge in [-0.15, -0.1) is 0 Å². The lowest BCUT2D eigenvalue weighted by Crippen LogP contribution is -2.41. The molecule has 2 saturated heterocycles. The fraction of sp³-hybridized carbons (Fsp3) is 0.448. The first-order valence-corrected chi connectivity index (χ1v) is 12.9. The van der Waals surface area contributed by atoms with Crippen molar-refractivity contribution in [2.45, 2.75) is 19.3 Å². The Kier molecular flexibility index (Phi) is 7.68. The Morgan fingerprint density at radius 3 is 2.47 bits per heavy atom. The zero-order valence-electron chi connectivity index (χ0n) is 21.2. The van der Waals surface area contributed by atoms with Gasteiger partial charge in [-0.05, 0) is 62.1 Å². The summed E-state index contributed by atoms with van der Waals surface area (Å²) in [5.74, 6) is 2.06. The van der Waals surface area contributed by atoms with Crippen molar-refractivity contribution in [2.24, 2.45) is 5.92 Å². The van der Waals surface area contributed by atoms with E-state index >= 15 is 0 Å². The van der Waals surface area contributed by atoms with E-state index in [0.29, 0.717) is 23.0 Å². The summed E-state index contributed by atoms with van der Waals surface area (Å²) in [6, 6.07) is 15.5. The average Bonchev–Trinajstić information content (AvgIpc) is 2.95. The first-order valence-electron chi connectivity index (χ1n) is 12.9. The maximum Gasteiger partial charge on any atom is 0.254 e. The number of aromatic nitrogens is 1. The molecule has 36 heavy (non-hydrogen) atoms. The number of carbonyl (C=O) groups is 1. The van der Waals surface area contributed by atoms with Crippen molar-refractivity contribution < 1.29 is 19.0 Å². The molecule has 2 aliphatic rings. The molecule has 2 aliphatic heterocycles. The largest absolute Gasteiger partial charge is 0.493 e. The minimum atomic E-state index is 0.0851. The van der Waals surface area contributed by atoms with Crippen LogP contribution in [0.2, 0.25) is 0 Å². The molecule has 1 aromatic heterocycles. The number of morpholine rings is 1. The van der Waals surface area contributed by atoms with Crippen molar-refractivity contribution in [2.75, 3.05) is 60.2 Å². The fourth-order valence-corrected chi connectivity index (χ4v) is 5.28. The van der Waals surface area contributed by atoms with E-state index in [4.69, 9.17) is 19.2 Å². The molecule has 2 aromatic carbocycles. The van der Waals surface area contributed by atoms with Crippen molar-refractivity contribution >= 4 is 16.8 Å². The molecule has 5 rings (SSSR count). The lowest BCUT2D eigenvalue weighted by Gasteiger charge is -2.34. The average molecular weight is 490 g/mol. The van der Waals surface area contributed by atoms with Gasteiger partial charge in [0.25, 0.3) is 5.91 Å². The van der Waals surface area contributed by atoms with Crippen LogP contribution in [0.5, 0.6) is 11.5 Å². The number of nitrogens with zero attached hydrogens (tertiary/aromatic N) is 3. The van der Waals surface area contributed by atoms with Gasteiger partial charge in [-0.25, -0.2) is 4.98 Å². The minimum Gasteiger partial charge on any atom is -0.493 e. The summed E-state index contributed by atoms with van der Waals surface area (Å²) >= 11 is 0. The number of methoxy groups -OCH3 is 2. The number of piperidine rings is 1. The predicted molar refractivity (Wildman–Crippen MR) is 141 cm³/mol. The predicted octanol–water partition coefficient (Wildman–Crippen LogP) is 4.49. The second-order valence-corrected chi connectivity index (χ2v) is 9.62. The molecule has 0 radical (unpaired) electrons. The van der Waals surface area contributed by atoms with Crippen molar-refractivity contribution in [1.82, 2.24) is 14.8 Å². The molecule has 0 bridgehead atoms. The molecule has 0 N–H and O–H groups in total. The standard InChI is InChI=1S/C29H35N3O4/c1-34-27-8-7-22(19-28(27)35-2)26-20-24(23-5-3-4-6-25(23)30-26)29(33)32-13-10-21(11-14-32)9-12-31-15-17-36-18-16-31/h3-8,19-21H,9-18H2,1-2H3. The zero-order valence-corrected chi connectivity index (χ0v) is 21.2. The molecule has 3 heterocycles. The summed E-state index contributed by atoms with van der Waals surface area (Å²) in [7, 11) is 3.24. The number of carbonyl (C=O) groups excluding carboxylic acids is 1. The lowest BCUT2D eigenvalue weighted by molar-refractivity contribution is 0.0332. The molecule has 0 aliphatic carbocycles. The van der Waals surface area contributed by atoms with E-state index in [-0.39, 0.29) is 5.91 Å². The Bertz CT molecular complexity index is 1200. The molecule has 0 saturated carbocycles. The third kappa shape index (κ3) is 5.32. The van der Waals surface area contributed by atoms with E-state index in [1.165, 1.54) is 6.42 Å². The first-order chi connectivity index (χ1) is 17.7. The molecule has 1 amide bonds. The van der Waals surface area contributed by atoms with Crippen LogP contribution in [0, 0.1) is 5.92 Å². The van der Waals surface area contributed by atoms with Gasteiger partial charge in [-0.2, -0.15) is 0 Å². The number of amides is 1. The van der Waals surface area contributed by atoms with Gasteiger partial charge in [0.2, 0.25) is 0 Å². The van der Waals surface area contributed by atoms with Crippen LogP contribution in [0.4, 0.5) is 0 Å². The monoisotopic (exact) mass is 489 g/mol. The summed E-state index contributed by atoms with van der Waals surface area (Å²) in [6.45, 7) is 6.50. The van der Waals surface area contributed by atoms with Crippen LogP contribution in [0.15, 0.2) is 48.5 Å². The maximum atomic E-state index is 13.8. The van der Waals surface area contributed by atoms with Crippen LogP contribution < -0.4 is 9.47 Å². The lowest BCUT2D eigenvalue weighted by atomic mass is 9.92. The Balaban J connectivity index is 1.34. The minimum absolute atomic E-state index is 0.0851. The van der Waals surface area contributed by atoms with Crippen molar-refractivity contribution in [1.29, 1.82) is 0 Å². The topological polar surface area (TPSA) is 64.1 Å². The van der Waals surface area contributed by atoms with Gasteiger partial charge in [0, 0.05) is 37.1 Å². The van der Waals surface area contributed by atoms with Crippen LogP contribution >= 0.6 is 0 Å². The summed E-state index contributed by atoms with van der Waals surface area (Å²) < 4.78 is 16.3. The molecule has 3 aromatic rings. The van der Waals surface area contributed by atoms with Crippen molar-refractivity contribution in [3.8, 4) is 22.8 Å². The summed E-state index contributed by atoms with van der Waals surface area (Å²) in [5.41, 5.74) is 3.15. The molecular formula is C29H35N3O4. The fourth-order valence-electron chi connectivity index (χ4n) is 5.28. The molecule has 7 nitrogen and oxygen atoms in total. The van der Waals surface area contributed by atoms with Gasteiger partial charge in [0.05, 0.1) is 44.2 Å². The molecule has 7 heteroatoms. The first kappa shape index (κ1) is 24.5. The summed E-state index contributed by atoms with van der Waals surface area (Å²) in [5, 5.41) is 0.890. The third-order valence-corrected chi connectivity index (χ3v) is 7.48. The highest BCUT2D eigenvalue weighted by Crippen LogP contribution is 2.34. The van der Waals surface area contributed by atoms with Crippen LogP contribution in [0.1, 0.15) is 29.6 Å². The SMILES string of the molecule is COc1ccc(-c2cc(C(=O)N3CCC(CCN4CCOCC4)CC3)c3ccccc3n2)cc1OC. The van der Waals surface area contributed by atoms with Gasteiger partial charge in [0.15, 0.2) is 11.5 Å². The quantitative estimate of drug-likeness (QED) is 0.487. The number of likely N-dealkylation sites (tertiary alicyclic amines) is 1. The van der Waals surface area contributed by atoms with E-state index in [9.17, 15) is 4.79 Å². The van der Waals surface area contributed by atoms with Gasteiger partial charge >= 0.3 is 0 Å². The number of benzene rings is 2. The van der Waals surface area contributed by atoms with Gasteiger partial charge < -0.3 is 19.1 Å². The second kappa shape index (κ2) is 11.3. The summed E-state index contributed by atoms with van der Waals surface area (Å²) in [6.07, 6.45) is 3.31. The van der Waals surface area contributed by atoms with Crippen LogP contribution in [0.25, 0.3) is 22.2 Å². The number of ether oxygens (including phenoxy) is 3. The van der Waals surface area contributed by atoms with Gasteiger partial charge in [-0.1, -0.05) is 18.2 Å². The highest BCUT2D eigenvalue weighted by Gasteiger charge is 2.26. The number of hydrogen-bond acceptors (Lipinski definition) is 6. The Morgan fingerprint density at radius 1 is 0.972 bits per heavy atom. The number of pyridine rings is 1. The van der Waals surface area contributed by atoms with Crippen LogP contribution in [-0.2, 0) is 4.74 Å². The number of rotatable bonds is 7. The van der Waals surface area contributed by atoms with Crippen LogP contribution in [-0.4, -0.2) is 80.8 Å². The highest BCUT2D eigenvalue weighted by molar-refractivity contribution is 6.07. The molecule has 0 spiro atoms. The number of hydrogen-bond donors (Lipinski definition) is 0. The normalized spacial score (nSPS) is 17.3. The van der Waals surface area contributed by atoms with Gasteiger partial charge in [-0.3, -0.25) is 9.69 Å². The molecule has 2 fully saturated rings. The molecule has 0 atom stereocenters. The molecular weight excluding hydrogens is 454 g/mol. The summed E-state index contributed by atoms with van der Waals surface area (Å²) in [4.78, 5) is 23.1. The van der Waals surface area contributed by atoms with E-state index in [2.05, 4.69) is 4.90 Å². The van der Waals surface area contributed by atoms with Gasteiger partial charge in [0.1, 0.15) is 0 Å². The van der Waals surface area contributed by atoms with E-state index in [0.717, 1.165) is 80.9 Å².